The molecule has 1 aromatic carbocycles. The molecule has 0 bridgehead atoms. The van der Waals surface area contributed by atoms with Crippen LogP contribution in [-0.4, -0.2) is 18.0 Å². The van der Waals surface area contributed by atoms with Crippen molar-refractivity contribution in [2.75, 3.05) is 6.61 Å². The van der Waals surface area contributed by atoms with Gasteiger partial charge in [0, 0.05) is 18.4 Å². The Morgan fingerprint density at radius 3 is 2.94 bits per heavy atom. The Labute approximate surface area is 102 Å². The monoisotopic (exact) mass is 234 g/mol. The van der Waals surface area contributed by atoms with E-state index in [2.05, 4.69) is 0 Å². The molecule has 0 saturated carbocycles. The van der Waals surface area contributed by atoms with Crippen molar-refractivity contribution in [2.24, 2.45) is 0 Å². The smallest absolute Gasteiger partial charge is 0.169 e. The molecule has 0 unspecified atom stereocenters. The number of ether oxygens (including phenoxy) is 2. The van der Waals surface area contributed by atoms with Gasteiger partial charge in [0.25, 0.3) is 0 Å². The Bertz CT molecular complexity index is 435. The number of rotatable bonds is 4. The number of para-hydroxylation sites is 1. The molecule has 0 atom stereocenters. The molecule has 0 saturated heterocycles. The van der Waals surface area contributed by atoms with Crippen LogP contribution in [0.25, 0.3) is 0 Å². The lowest BCUT2D eigenvalue weighted by molar-refractivity contribution is -0.120. The fourth-order valence-corrected chi connectivity index (χ4v) is 1.96. The Hall–Kier alpha value is -1.51. The number of hydrogen-bond donors (Lipinski definition) is 0. The SMILES string of the molecule is CCC(=O)COc1cccc2c1OC(C)(C)C2. The van der Waals surface area contributed by atoms with Crippen LogP contribution in [0.15, 0.2) is 18.2 Å². The minimum absolute atomic E-state index is 0.0971. The lowest BCUT2D eigenvalue weighted by atomic mass is 10.0. The van der Waals surface area contributed by atoms with Crippen molar-refractivity contribution in [3.8, 4) is 11.5 Å². The van der Waals surface area contributed by atoms with Crippen molar-refractivity contribution >= 4 is 5.78 Å². The Kier molecular flexibility index (Phi) is 3.09. The number of benzene rings is 1. The van der Waals surface area contributed by atoms with Crippen LogP contribution in [0.5, 0.6) is 11.5 Å². The molecule has 3 heteroatoms. The molecular weight excluding hydrogens is 216 g/mol. The zero-order chi connectivity index (χ0) is 12.5. The molecule has 1 heterocycles. The first kappa shape index (κ1) is 12.0. The first-order valence-corrected chi connectivity index (χ1v) is 5.97. The van der Waals surface area contributed by atoms with Crippen molar-refractivity contribution in [3.05, 3.63) is 23.8 Å². The number of carbonyl (C=O) groups is 1. The van der Waals surface area contributed by atoms with Crippen LogP contribution in [0.3, 0.4) is 0 Å². The van der Waals surface area contributed by atoms with Gasteiger partial charge in [-0.1, -0.05) is 19.1 Å². The molecule has 0 amide bonds. The summed E-state index contributed by atoms with van der Waals surface area (Å²) in [7, 11) is 0. The van der Waals surface area contributed by atoms with E-state index in [1.807, 2.05) is 39.0 Å². The fourth-order valence-electron chi connectivity index (χ4n) is 1.96. The van der Waals surface area contributed by atoms with E-state index in [0.29, 0.717) is 12.2 Å². The van der Waals surface area contributed by atoms with E-state index in [4.69, 9.17) is 9.47 Å². The van der Waals surface area contributed by atoms with Crippen LogP contribution in [0, 0.1) is 0 Å². The second-order valence-electron chi connectivity index (χ2n) is 4.96. The summed E-state index contributed by atoms with van der Waals surface area (Å²) < 4.78 is 11.4. The van der Waals surface area contributed by atoms with Crippen LogP contribution in [0.1, 0.15) is 32.8 Å². The van der Waals surface area contributed by atoms with Gasteiger partial charge in [0.2, 0.25) is 0 Å². The van der Waals surface area contributed by atoms with Crippen molar-refractivity contribution in [3.63, 3.8) is 0 Å². The van der Waals surface area contributed by atoms with E-state index in [1.165, 1.54) is 0 Å². The van der Waals surface area contributed by atoms with E-state index in [1.54, 1.807) is 0 Å². The zero-order valence-corrected chi connectivity index (χ0v) is 10.6. The van der Waals surface area contributed by atoms with Crippen molar-refractivity contribution < 1.29 is 14.3 Å². The minimum atomic E-state index is -0.184. The molecule has 0 fully saturated rings. The molecule has 2 rings (SSSR count). The first-order chi connectivity index (χ1) is 8.02. The molecule has 17 heavy (non-hydrogen) atoms. The third-order valence-electron chi connectivity index (χ3n) is 2.84. The molecule has 0 N–H and O–H groups in total. The number of ketones is 1. The van der Waals surface area contributed by atoms with E-state index in [9.17, 15) is 4.79 Å². The second-order valence-corrected chi connectivity index (χ2v) is 4.96. The average molecular weight is 234 g/mol. The number of Topliss-reactive ketones (excluding diaryl/α,β-unsaturated/α-hetero) is 1. The molecule has 3 nitrogen and oxygen atoms in total. The van der Waals surface area contributed by atoms with E-state index >= 15 is 0 Å². The standard InChI is InChI=1S/C14H18O3/c1-4-11(15)9-16-12-7-5-6-10-8-14(2,3)17-13(10)12/h5-7H,4,8-9H2,1-3H3. The van der Waals surface area contributed by atoms with Gasteiger partial charge in [-0.25, -0.2) is 0 Å². The second kappa shape index (κ2) is 4.40. The quantitative estimate of drug-likeness (QED) is 0.803. The topological polar surface area (TPSA) is 35.5 Å². The van der Waals surface area contributed by atoms with Gasteiger partial charge in [-0.15, -0.1) is 0 Å². The number of fused-ring (bicyclic) bond motifs is 1. The maximum absolute atomic E-state index is 11.2. The lowest BCUT2D eigenvalue weighted by Gasteiger charge is -2.18. The maximum atomic E-state index is 11.2. The molecule has 1 aliphatic heterocycles. The minimum Gasteiger partial charge on any atom is -0.483 e. The van der Waals surface area contributed by atoms with Crippen molar-refractivity contribution in [1.82, 2.24) is 0 Å². The Morgan fingerprint density at radius 2 is 2.24 bits per heavy atom. The van der Waals surface area contributed by atoms with Crippen molar-refractivity contribution in [1.29, 1.82) is 0 Å². The number of carbonyl (C=O) groups excluding carboxylic acids is 1. The average Bonchev–Trinajstić information content (AvgIpc) is 2.60. The summed E-state index contributed by atoms with van der Waals surface area (Å²) in [5.74, 6) is 1.57. The molecule has 0 spiro atoms. The van der Waals surface area contributed by atoms with Crippen LogP contribution >= 0.6 is 0 Å². The van der Waals surface area contributed by atoms with Crippen LogP contribution in [0.4, 0.5) is 0 Å². The van der Waals surface area contributed by atoms with E-state index in [-0.39, 0.29) is 18.0 Å². The van der Waals surface area contributed by atoms with E-state index in [0.717, 1.165) is 17.7 Å². The first-order valence-electron chi connectivity index (χ1n) is 5.97. The normalized spacial score (nSPS) is 16.2. The highest BCUT2D eigenvalue weighted by Crippen LogP contribution is 2.41. The van der Waals surface area contributed by atoms with Gasteiger partial charge < -0.3 is 9.47 Å². The summed E-state index contributed by atoms with van der Waals surface area (Å²) in [6.45, 7) is 6.05. The van der Waals surface area contributed by atoms with Crippen LogP contribution in [0.2, 0.25) is 0 Å². The van der Waals surface area contributed by atoms with Gasteiger partial charge in [0.15, 0.2) is 17.3 Å². The summed E-state index contributed by atoms with van der Waals surface area (Å²) in [5.41, 5.74) is 0.966. The summed E-state index contributed by atoms with van der Waals surface area (Å²) >= 11 is 0. The lowest BCUT2D eigenvalue weighted by Crippen LogP contribution is -2.24. The van der Waals surface area contributed by atoms with Gasteiger partial charge in [-0.2, -0.15) is 0 Å². The molecule has 0 aromatic heterocycles. The fraction of sp³-hybridized carbons (Fsp3) is 0.500. The van der Waals surface area contributed by atoms with Gasteiger partial charge in [-0.3, -0.25) is 4.79 Å². The maximum Gasteiger partial charge on any atom is 0.169 e. The summed E-state index contributed by atoms with van der Waals surface area (Å²) in [4.78, 5) is 11.2. The molecular formula is C14H18O3. The molecule has 0 radical (unpaired) electrons. The Balaban J connectivity index is 2.16. The third kappa shape index (κ3) is 2.60. The molecule has 1 aliphatic rings. The highest BCUT2D eigenvalue weighted by Gasteiger charge is 2.32. The number of hydrogen-bond acceptors (Lipinski definition) is 3. The largest absolute Gasteiger partial charge is 0.483 e. The highest BCUT2D eigenvalue weighted by atomic mass is 16.5. The van der Waals surface area contributed by atoms with Gasteiger partial charge in [-0.05, 0) is 19.9 Å². The van der Waals surface area contributed by atoms with Gasteiger partial charge in [0.05, 0.1) is 0 Å². The Morgan fingerprint density at radius 1 is 1.47 bits per heavy atom. The molecule has 0 aliphatic carbocycles. The van der Waals surface area contributed by atoms with Crippen LogP contribution in [-0.2, 0) is 11.2 Å². The summed E-state index contributed by atoms with van der Waals surface area (Å²) in [6, 6.07) is 5.83. The highest BCUT2D eigenvalue weighted by molar-refractivity contribution is 5.79. The van der Waals surface area contributed by atoms with Crippen molar-refractivity contribution in [2.45, 2.75) is 39.2 Å². The zero-order valence-electron chi connectivity index (χ0n) is 10.6. The summed E-state index contributed by atoms with van der Waals surface area (Å²) in [5, 5.41) is 0. The molecule has 92 valence electrons. The predicted octanol–water partition coefficient (Wildman–Crippen LogP) is 2.76. The van der Waals surface area contributed by atoms with Crippen LogP contribution < -0.4 is 9.47 Å². The summed E-state index contributed by atoms with van der Waals surface area (Å²) in [6.07, 6.45) is 1.38. The van der Waals surface area contributed by atoms with E-state index < -0.39 is 0 Å². The third-order valence-corrected chi connectivity index (χ3v) is 2.84. The van der Waals surface area contributed by atoms with Gasteiger partial charge >= 0.3 is 0 Å². The van der Waals surface area contributed by atoms with Gasteiger partial charge in [0.1, 0.15) is 12.2 Å². The predicted molar refractivity (Wildman–Crippen MR) is 65.6 cm³/mol. The molecule has 1 aromatic rings.